The number of nitrogen functional groups attached to an aromatic ring is 1. The van der Waals surface area contributed by atoms with Crippen molar-refractivity contribution >= 4 is 17.0 Å². The molecule has 2 aromatic heterocycles. The van der Waals surface area contributed by atoms with Crippen LogP contribution in [-0.2, 0) is 4.74 Å². The number of fused-ring (bicyclic) bond motifs is 1. The smallest absolute Gasteiger partial charge is 0.167 e. The molecule has 9 nitrogen and oxygen atoms in total. The van der Waals surface area contributed by atoms with Gasteiger partial charge in [0.1, 0.15) is 30.2 Å². The van der Waals surface area contributed by atoms with Gasteiger partial charge in [0.25, 0.3) is 0 Å². The van der Waals surface area contributed by atoms with Crippen molar-refractivity contribution in [3.05, 3.63) is 12.7 Å². The van der Waals surface area contributed by atoms with E-state index in [2.05, 4.69) is 15.0 Å². The molecule has 2 aromatic rings. The molecular weight excluding hydrogens is 256 g/mol. The molecule has 1 aliphatic heterocycles. The normalized spacial score (nSPS) is 31.1. The Morgan fingerprint density at radius 1 is 1.26 bits per heavy atom. The lowest BCUT2D eigenvalue weighted by Gasteiger charge is -2.16. The van der Waals surface area contributed by atoms with Gasteiger partial charge in [0.05, 0.1) is 12.9 Å². The largest absolute Gasteiger partial charge is 0.394 e. The molecule has 0 amide bonds. The fourth-order valence-electron chi connectivity index (χ4n) is 2.17. The summed E-state index contributed by atoms with van der Waals surface area (Å²) in [7, 11) is 0. The van der Waals surface area contributed by atoms with E-state index in [1.807, 2.05) is 0 Å². The van der Waals surface area contributed by atoms with Crippen LogP contribution >= 0.6 is 0 Å². The second kappa shape index (κ2) is 4.38. The van der Waals surface area contributed by atoms with E-state index in [1.165, 1.54) is 17.2 Å². The first-order valence-corrected chi connectivity index (χ1v) is 5.69. The maximum absolute atomic E-state index is 9.95. The van der Waals surface area contributed by atoms with Crippen LogP contribution in [0.4, 0.5) is 5.82 Å². The Morgan fingerprint density at radius 2 is 2.05 bits per heavy atom. The summed E-state index contributed by atoms with van der Waals surface area (Å²) in [4.78, 5) is 11.9. The van der Waals surface area contributed by atoms with E-state index in [-0.39, 0.29) is 5.82 Å². The summed E-state index contributed by atoms with van der Waals surface area (Å²) < 4.78 is 6.85. The summed E-state index contributed by atoms with van der Waals surface area (Å²) in [6.45, 7) is -0.390. The number of aliphatic hydroxyl groups is 3. The van der Waals surface area contributed by atoms with Crippen LogP contribution in [0, 0.1) is 0 Å². The number of imidazole rings is 1. The SMILES string of the molecule is Nc1[15n]cnc2c1[15n]cn2[C@@H]1O[C@H](CO)[C@@H](O)[C@H]1O. The van der Waals surface area contributed by atoms with Crippen LogP contribution in [0.2, 0.25) is 0 Å². The topological polar surface area (TPSA) is 140 Å². The first-order valence-electron chi connectivity index (χ1n) is 5.69. The Kier molecular flexibility index (Phi) is 2.82. The molecule has 0 saturated carbocycles. The summed E-state index contributed by atoms with van der Waals surface area (Å²) in [5.74, 6) is 0.218. The number of hydrogen-bond donors (Lipinski definition) is 4. The summed E-state index contributed by atoms with van der Waals surface area (Å²) in [6.07, 6.45) is -1.42. The highest BCUT2D eigenvalue weighted by atomic mass is 16.6. The number of aliphatic hydroxyl groups excluding tert-OH is 3. The van der Waals surface area contributed by atoms with Crippen molar-refractivity contribution in [2.24, 2.45) is 0 Å². The molecule has 19 heavy (non-hydrogen) atoms. The van der Waals surface area contributed by atoms with Gasteiger partial charge in [-0.2, -0.15) is 0 Å². The van der Waals surface area contributed by atoms with Gasteiger partial charge in [-0.3, -0.25) is 4.57 Å². The minimum Gasteiger partial charge on any atom is -0.394 e. The molecule has 1 fully saturated rings. The van der Waals surface area contributed by atoms with Gasteiger partial charge in [0.15, 0.2) is 17.7 Å². The van der Waals surface area contributed by atoms with E-state index in [0.717, 1.165) is 0 Å². The van der Waals surface area contributed by atoms with Crippen LogP contribution in [0.25, 0.3) is 11.2 Å². The molecule has 0 spiro atoms. The lowest BCUT2D eigenvalue weighted by Crippen LogP contribution is -2.33. The second-order valence-electron chi connectivity index (χ2n) is 4.31. The Balaban J connectivity index is 2.04. The van der Waals surface area contributed by atoms with Gasteiger partial charge < -0.3 is 25.8 Å². The van der Waals surface area contributed by atoms with E-state index < -0.39 is 31.1 Å². The lowest BCUT2D eigenvalue weighted by molar-refractivity contribution is -0.0511. The maximum atomic E-state index is 9.95. The highest BCUT2D eigenvalue weighted by Crippen LogP contribution is 2.31. The van der Waals surface area contributed by atoms with Crippen molar-refractivity contribution in [3.63, 3.8) is 0 Å². The molecule has 4 atom stereocenters. The number of ether oxygens (including phenoxy) is 1. The van der Waals surface area contributed by atoms with Crippen molar-refractivity contribution < 1.29 is 20.1 Å². The zero-order valence-electron chi connectivity index (χ0n) is 9.79. The van der Waals surface area contributed by atoms with Gasteiger partial charge in [0, 0.05) is 0 Å². The molecule has 3 rings (SSSR count). The fraction of sp³-hybridized carbons (Fsp3) is 0.500. The van der Waals surface area contributed by atoms with E-state index in [4.69, 9.17) is 15.6 Å². The molecule has 9 heteroatoms. The molecule has 3 heterocycles. The molecule has 5 N–H and O–H groups in total. The van der Waals surface area contributed by atoms with Crippen molar-refractivity contribution in [2.45, 2.75) is 24.5 Å². The van der Waals surface area contributed by atoms with Gasteiger partial charge >= 0.3 is 0 Å². The van der Waals surface area contributed by atoms with Crippen LogP contribution in [0.1, 0.15) is 6.23 Å². The Labute approximate surface area is 107 Å². The number of nitrogens with zero attached hydrogens (tertiary/aromatic N) is 4. The second-order valence-corrected chi connectivity index (χ2v) is 4.31. The van der Waals surface area contributed by atoms with Crippen LogP contribution in [0.3, 0.4) is 0 Å². The molecule has 0 unspecified atom stereocenters. The van der Waals surface area contributed by atoms with Gasteiger partial charge in [-0.05, 0) is 0 Å². The third kappa shape index (κ3) is 1.75. The van der Waals surface area contributed by atoms with Crippen LogP contribution < -0.4 is 5.73 Å². The van der Waals surface area contributed by atoms with Crippen LogP contribution in [0.5, 0.6) is 0 Å². The molecule has 0 aromatic carbocycles. The van der Waals surface area contributed by atoms with E-state index in [9.17, 15) is 10.2 Å². The minimum atomic E-state index is -1.19. The van der Waals surface area contributed by atoms with E-state index in [1.54, 1.807) is 0 Å². The fourth-order valence-corrected chi connectivity index (χ4v) is 2.17. The number of aromatic nitrogens is 4. The highest BCUT2D eigenvalue weighted by molar-refractivity contribution is 5.81. The number of anilines is 1. The van der Waals surface area contributed by atoms with E-state index >= 15 is 0 Å². The zero-order chi connectivity index (χ0) is 13.6. The molecule has 0 radical (unpaired) electrons. The molecule has 1 aliphatic rings. The average molecular weight is 269 g/mol. The monoisotopic (exact) mass is 269 g/mol. The van der Waals surface area contributed by atoms with Crippen LogP contribution in [0.15, 0.2) is 12.7 Å². The summed E-state index contributed by atoms with van der Waals surface area (Å²) in [5.41, 5.74) is 6.44. The van der Waals surface area contributed by atoms with Crippen molar-refractivity contribution in [3.8, 4) is 0 Å². The standard InChI is InChI=1S/C10H13N5O4/c11-8-5-9(13-2-12-8)15(3-14-5)10-7(18)6(17)4(1-16)19-10/h2-4,6-7,10,16-18H,1H2,(H2,11,12,13)/t4-,6-,7-,10-/m1/s1/i12+1,14+1. The van der Waals surface area contributed by atoms with Crippen LogP contribution in [-0.4, -0.2) is 59.8 Å². The maximum Gasteiger partial charge on any atom is 0.167 e. The highest BCUT2D eigenvalue weighted by Gasteiger charge is 2.43. The molecular formula is C10H13N5O4. The molecule has 0 aliphatic carbocycles. The number of nitrogens with two attached hydrogens (primary N) is 1. The minimum absolute atomic E-state index is 0.218. The van der Waals surface area contributed by atoms with Gasteiger partial charge in [-0.1, -0.05) is 0 Å². The van der Waals surface area contributed by atoms with Crippen molar-refractivity contribution in [1.29, 1.82) is 0 Å². The Hall–Kier alpha value is -1.81. The first-order chi connectivity index (χ1) is 9.13. The third-order valence-corrected chi connectivity index (χ3v) is 3.18. The lowest BCUT2D eigenvalue weighted by atomic mass is 10.1. The summed E-state index contributed by atoms with van der Waals surface area (Å²) in [6, 6.07) is 0. The van der Waals surface area contributed by atoms with Crippen molar-refractivity contribution in [2.75, 3.05) is 12.3 Å². The summed E-state index contributed by atoms with van der Waals surface area (Å²) in [5, 5.41) is 28.7. The predicted octanol–water partition coefficient (Wildman–Crippen LogP) is -1.98. The van der Waals surface area contributed by atoms with Gasteiger partial charge in [-0.25, -0.2) is 15.0 Å². The average Bonchev–Trinajstić information content (AvgIpc) is 2.94. The van der Waals surface area contributed by atoms with Gasteiger partial charge in [-0.15, -0.1) is 0 Å². The number of hydrogen-bond acceptors (Lipinski definition) is 8. The summed E-state index contributed by atoms with van der Waals surface area (Å²) >= 11 is 0. The quantitative estimate of drug-likeness (QED) is 0.491. The molecule has 102 valence electrons. The Bertz CT molecular complexity index is 603. The third-order valence-electron chi connectivity index (χ3n) is 3.18. The van der Waals surface area contributed by atoms with Gasteiger partial charge in [0.2, 0.25) is 0 Å². The van der Waals surface area contributed by atoms with E-state index in [0.29, 0.717) is 11.2 Å². The zero-order valence-corrected chi connectivity index (χ0v) is 9.79. The van der Waals surface area contributed by atoms with Crippen molar-refractivity contribution in [1.82, 2.24) is 19.5 Å². The first kappa shape index (κ1) is 12.2. The predicted molar refractivity (Wildman–Crippen MR) is 62.7 cm³/mol. The number of rotatable bonds is 2. The molecule has 0 bridgehead atoms. The molecule has 1 saturated heterocycles. The Morgan fingerprint density at radius 3 is 2.74 bits per heavy atom.